The summed E-state index contributed by atoms with van der Waals surface area (Å²) in [6, 6.07) is 10.3. The highest BCUT2D eigenvalue weighted by Gasteiger charge is 2.05. The zero-order chi connectivity index (χ0) is 15.2. The van der Waals surface area contributed by atoms with E-state index in [0.717, 1.165) is 0 Å². The molecule has 0 radical (unpaired) electrons. The maximum atomic E-state index is 12.9. The largest absolute Gasteiger partial charge is 0.490 e. The van der Waals surface area contributed by atoms with Crippen molar-refractivity contribution in [1.82, 2.24) is 0 Å². The quantitative estimate of drug-likeness (QED) is 0.802. The molecule has 21 heavy (non-hydrogen) atoms. The Morgan fingerprint density at radius 2 is 1.90 bits per heavy atom. The number of carbonyl (C=O) groups is 1. The lowest BCUT2D eigenvalue weighted by Gasteiger charge is -2.10. The zero-order valence-electron chi connectivity index (χ0n) is 10.9. The second kappa shape index (κ2) is 7.08. The number of hydrogen-bond acceptors (Lipinski definition) is 3. The molecule has 0 unspecified atom stereocenters. The van der Waals surface area contributed by atoms with Crippen LogP contribution in [0.1, 0.15) is 10.4 Å². The van der Waals surface area contributed by atoms with E-state index in [2.05, 4.69) is 15.9 Å². The lowest BCUT2D eigenvalue weighted by atomic mass is 10.2. The summed E-state index contributed by atoms with van der Waals surface area (Å²) in [5, 5.41) is 8.87. The molecule has 0 saturated carbocycles. The first kappa shape index (κ1) is 15.3. The fourth-order valence-electron chi connectivity index (χ4n) is 1.62. The van der Waals surface area contributed by atoms with Gasteiger partial charge in [0, 0.05) is 0 Å². The summed E-state index contributed by atoms with van der Waals surface area (Å²) in [5.41, 5.74) is 0.162. The number of aromatic carboxylic acids is 1. The first-order valence-electron chi connectivity index (χ1n) is 6.10. The Kier molecular flexibility index (Phi) is 5.16. The van der Waals surface area contributed by atoms with E-state index in [1.54, 1.807) is 12.1 Å². The van der Waals surface area contributed by atoms with Gasteiger partial charge in [0.2, 0.25) is 0 Å². The normalized spacial score (nSPS) is 10.2. The summed E-state index contributed by atoms with van der Waals surface area (Å²) >= 11 is 3.20. The standard InChI is InChI=1S/C15H12BrFO4/c16-13-9-11(17)4-5-14(13)21-7-6-20-12-3-1-2-10(8-12)15(18)19/h1-5,8-9H,6-7H2,(H,18,19). The molecule has 0 heterocycles. The molecule has 0 aliphatic rings. The van der Waals surface area contributed by atoms with Crippen LogP contribution in [0.5, 0.6) is 11.5 Å². The van der Waals surface area contributed by atoms with E-state index in [1.165, 1.54) is 30.3 Å². The number of carboxylic acids is 1. The van der Waals surface area contributed by atoms with Crippen molar-refractivity contribution in [1.29, 1.82) is 0 Å². The predicted octanol–water partition coefficient (Wildman–Crippen LogP) is 3.74. The van der Waals surface area contributed by atoms with Gasteiger partial charge in [0.1, 0.15) is 30.5 Å². The lowest BCUT2D eigenvalue weighted by molar-refractivity contribution is 0.0696. The Morgan fingerprint density at radius 3 is 2.62 bits per heavy atom. The molecule has 0 aromatic heterocycles. The van der Waals surface area contributed by atoms with Gasteiger partial charge in [0.15, 0.2) is 0 Å². The van der Waals surface area contributed by atoms with Gasteiger partial charge >= 0.3 is 5.97 Å². The summed E-state index contributed by atoms with van der Waals surface area (Å²) in [7, 11) is 0. The molecule has 0 atom stereocenters. The molecule has 0 saturated heterocycles. The van der Waals surface area contributed by atoms with Gasteiger partial charge in [-0.25, -0.2) is 9.18 Å². The van der Waals surface area contributed by atoms with Crippen molar-refractivity contribution in [3.05, 3.63) is 58.3 Å². The van der Waals surface area contributed by atoms with Crippen LogP contribution in [-0.2, 0) is 0 Å². The molecule has 4 nitrogen and oxygen atoms in total. The van der Waals surface area contributed by atoms with Crippen molar-refractivity contribution in [2.75, 3.05) is 13.2 Å². The van der Waals surface area contributed by atoms with Crippen LogP contribution in [0.25, 0.3) is 0 Å². The highest BCUT2D eigenvalue weighted by Crippen LogP contribution is 2.25. The number of carboxylic acid groups (broad SMARTS) is 1. The van der Waals surface area contributed by atoms with Gasteiger partial charge in [-0.05, 0) is 52.3 Å². The molecule has 6 heteroatoms. The molecule has 1 N–H and O–H groups in total. The molecule has 0 spiro atoms. The molecule has 2 aromatic carbocycles. The summed E-state index contributed by atoms with van der Waals surface area (Å²) in [5.74, 6) is -0.390. The summed E-state index contributed by atoms with van der Waals surface area (Å²) in [4.78, 5) is 10.8. The number of benzene rings is 2. The summed E-state index contributed by atoms with van der Waals surface area (Å²) in [6.07, 6.45) is 0. The van der Waals surface area contributed by atoms with Gasteiger partial charge in [-0.3, -0.25) is 0 Å². The van der Waals surface area contributed by atoms with Crippen LogP contribution >= 0.6 is 15.9 Å². The minimum Gasteiger partial charge on any atom is -0.490 e. The molecular weight excluding hydrogens is 343 g/mol. The van der Waals surface area contributed by atoms with E-state index in [9.17, 15) is 9.18 Å². The van der Waals surface area contributed by atoms with E-state index in [0.29, 0.717) is 16.0 Å². The Morgan fingerprint density at radius 1 is 1.14 bits per heavy atom. The third-order valence-corrected chi connectivity index (χ3v) is 3.20. The molecule has 0 aliphatic carbocycles. The molecular formula is C15H12BrFO4. The first-order valence-corrected chi connectivity index (χ1v) is 6.89. The Balaban J connectivity index is 1.84. The minimum atomic E-state index is -1.01. The minimum absolute atomic E-state index is 0.162. The molecule has 0 aliphatic heterocycles. The fourth-order valence-corrected chi connectivity index (χ4v) is 2.09. The average molecular weight is 355 g/mol. The SMILES string of the molecule is O=C(O)c1cccc(OCCOc2ccc(F)cc2Br)c1. The Labute approximate surface area is 129 Å². The molecule has 2 rings (SSSR count). The van der Waals surface area contributed by atoms with Gasteiger partial charge in [-0.2, -0.15) is 0 Å². The van der Waals surface area contributed by atoms with Crippen molar-refractivity contribution in [2.24, 2.45) is 0 Å². The van der Waals surface area contributed by atoms with E-state index in [4.69, 9.17) is 14.6 Å². The number of halogens is 2. The van der Waals surface area contributed by atoms with E-state index in [-0.39, 0.29) is 24.6 Å². The van der Waals surface area contributed by atoms with Crippen molar-refractivity contribution in [3.63, 3.8) is 0 Å². The summed E-state index contributed by atoms with van der Waals surface area (Å²) in [6.45, 7) is 0.494. The lowest BCUT2D eigenvalue weighted by Crippen LogP contribution is -2.09. The fraction of sp³-hybridized carbons (Fsp3) is 0.133. The average Bonchev–Trinajstić information content (AvgIpc) is 2.45. The number of rotatable bonds is 6. The van der Waals surface area contributed by atoms with Crippen molar-refractivity contribution in [2.45, 2.75) is 0 Å². The number of hydrogen-bond donors (Lipinski definition) is 1. The maximum Gasteiger partial charge on any atom is 0.335 e. The summed E-state index contributed by atoms with van der Waals surface area (Å²) < 4.78 is 24.3. The van der Waals surface area contributed by atoms with Crippen molar-refractivity contribution >= 4 is 21.9 Å². The van der Waals surface area contributed by atoms with Crippen LogP contribution < -0.4 is 9.47 Å². The monoisotopic (exact) mass is 354 g/mol. The van der Waals surface area contributed by atoms with Crippen LogP contribution in [-0.4, -0.2) is 24.3 Å². The molecule has 110 valence electrons. The second-order valence-corrected chi connectivity index (χ2v) is 4.96. The highest BCUT2D eigenvalue weighted by atomic mass is 79.9. The third-order valence-electron chi connectivity index (χ3n) is 2.58. The molecule has 0 fully saturated rings. The van der Waals surface area contributed by atoms with E-state index < -0.39 is 5.97 Å². The second-order valence-electron chi connectivity index (χ2n) is 4.10. The Hall–Kier alpha value is -2.08. The van der Waals surface area contributed by atoms with Gasteiger partial charge in [-0.1, -0.05) is 6.07 Å². The predicted molar refractivity (Wildman–Crippen MR) is 78.5 cm³/mol. The molecule has 2 aromatic rings. The topological polar surface area (TPSA) is 55.8 Å². The van der Waals surface area contributed by atoms with Crippen LogP contribution in [0, 0.1) is 5.82 Å². The third kappa shape index (κ3) is 4.46. The highest BCUT2D eigenvalue weighted by molar-refractivity contribution is 9.10. The van der Waals surface area contributed by atoms with Crippen LogP contribution in [0.15, 0.2) is 46.9 Å². The zero-order valence-corrected chi connectivity index (χ0v) is 12.5. The van der Waals surface area contributed by atoms with Gasteiger partial charge in [0.25, 0.3) is 0 Å². The van der Waals surface area contributed by atoms with Gasteiger partial charge in [0.05, 0.1) is 10.0 Å². The first-order chi connectivity index (χ1) is 10.1. The smallest absolute Gasteiger partial charge is 0.335 e. The van der Waals surface area contributed by atoms with Crippen LogP contribution in [0.3, 0.4) is 0 Å². The van der Waals surface area contributed by atoms with E-state index >= 15 is 0 Å². The molecule has 0 bridgehead atoms. The Bertz CT molecular complexity index is 645. The maximum absolute atomic E-state index is 12.9. The van der Waals surface area contributed by atoms with Crippen LogP contribution in [0.4, 0.5) is 4.39 Å². The van der Waals surface area contributed by atoms with E-state index in [1.807, 2.05) is 0 Å². The number of ether oxygens (including phenoxy) is 2. The van der Waals surface area contributed by atoms with Gasteiger partial charge < -0.3 is 14.6 Å². The van der Waals surface area contributed by atoms with Gasteiger partial charge in [-0.15, -0.1) is 0 Å². The molecule has 0 amide bonds. The van der Waals surface area contributed by atoms with Crippen LogP contribution in [0.2, 0.25) is 0 Å². The van der Waals surface area contributed by atoms with Crippen molar-refractivity contribution < 1.29 is 23.8 Å². The van der Waals surface area contributed by atoms with Crippen molar-refractivity contribution in [3.8, 4) is 11.5 Å².